The van der Waals surface area contributed by atoms with Crippen molar-refractivity contribution >= 4 is 18.3 Å². The molecule has 1 aromatic rings. The molecule has 0 saturated heterocycles. The topological polar surface area (TPSA) is 60.6 Å². The molecule has 68 valence electrons. The predicted molar refractivity (Wildman–Crippen MR) is 50.7 cm³/mol. The fraction of sp³-hybridized carbons (Fsp3) is 0.125. The van der Waals surface area contributed by atoms with Gasteiger partial charge in [0.2, 0.25) is 0 Å². The normalized spacial score (nSPS) is 7.42. The van der Waals surface area contributed by atoms with Gasteiger partial charge in [-0.15, -0.1) is 12.4 Å². The van der Waals surface area contributed by atoms with Gasteiger partial charge in [0.1, 0.15) is 0 Å². The van der Waals surface area contributed by atoms with Crippen LogP contribution in [0.4, 0.5) is 0 Å². The molecule has 1 rings (SSSR count). The molecule has 0 atom stereocenters. The fourth-order valence-electron chi connectivity index (χ4n) is 0.734. The highest BCUT2D eigenvalue weighted by Crippen LogP contribution is 1.96. The van der Waals surface area contributed by atoms with Gasteiger partial charge in [0.05, 0.1) is 0 Å². The highest BCUT2D eigenvalue weighted by molar-refractivity contribution is 5.93. The Balaban J connectivity index is 0. The number of hydrogen-bond acceptors (Lipinski definition) is 1. The molecule has 1 amide bonds. The summed E-state index contributed by atoms with van der Waals surface area (Å²) in [5, 5.41) is 2.54. The Morgan fingerprint density at radius 1 is 1.25 bits per heavy atom. The summed E-state index contributed by atoms with van der Waals surface area (Å²) in [4.78, 5) is 10.9. The quantitative estimate of drug-likeness (QED) is 0.693. The van der Waals surface area contributed by atoms with E-state index in [-0.39, 0.29) is 23.8 Å². The Hall–Kier alpha value is -1.06. The third-order valence-electron chi connectivity index (χ3n) is 1.26. The molecule has 0 unspecified atom stereocenters. The average Bonchev–Trinajstić information content (AvgIpc) is 2.05. The van der Waals surface area contributed by atoms with Crippen molar-refractivity contribution in [1.82, 2.24) is 5.32 Å². The summed E-state index contributed by atoms with van der Waals surface area (Å²) in [6, 6.07) is 9.11. The van der Waals surface area contributed by atoms with E-state index in [0.717, 1.165) is 0 Å². The third-order valence-corrected chi connectivity index (χ3v) is 1.26. The number of nitrogens with one attached hydrogen (secondary N) is 1. The smallest absolute Gasteiger partial charge is 0.251 e. The molecule has 0 bridgehead atoms. The largest absolute Gasteiger partial charge is 0.412 e. The molecule has 0 fully saturated rings. The number of benzene rings is 1. The first-order valence-corrected chi connectivity index (χ1v) is 3.11. The molecule has 1 aromatic carbocycles. The molecule has 0 saturated carbocycles. The van der Waals surface area contributed by atoms with Crippen LogP contribution in [0.1, 0.15) is 10.4 Å². The van der Waals surface area contributed by atoms with Crippen LogP contribution in [0.15, 0.2) is 30.3 Å². The second-order valence-electron chi connectivity index (χ2n) is 1.95. The fourth-order valence-corrected chi connectivity index (χ4v) is 0.734. The molecular weight excluding hydrogens is 178 g/mol. The highest BCUT2D eigenvalue weighted by atomic mass is 35.5. The number of hydrogen-bond donors (Lipinski definition) is 1. The molecule has 0 aliphatic heterocycles. The van der Waals surface area contributed by atoms with E-state index in [0.29, 0.717) is 5.56 Å². The van der Waals surface area contributed by atoms with Crippen LogP contribution in [0.5, 0.6) is 0 Å². The average molecular weight is 190 g/mol. The summed E-state index contributed by atoms with van der Waals surface area (Å²) >= 11 is 0. The summed E-state index contributed by atoms with van der Waals surface area (Å²) in [6.07, 6.45) is 0. The van der Waals surface area contributed by atoms with Crippen LogP contribution in [-0.4, -0.2) is 18.4 Å². The first kappa shape index (κ1) is 13.5. The van der Waals surface area contributed by atoms with Crippen LogP contribution in [0, 0.1) is 0 Å². The van der Waals surface area contributed by atoms with Crippen LogP contribution in [0.2, 0.25) is 0 Å². The van der Waals surface area contributed by atoms with E-state index in [1.54, 1.807) is 19.2 Å². The lowest BCUT2D eigenvalue weighted by atomic mass is 10.2. The maximum Gasteiger partial charge on any atom is 0.251 e. The Kier molecular flexibility index (Phi) is 7.48. The molecule has 3 N–H and O–H groups in total. The molecule has 0 spiro atoms. The van der Waals surface area contributed by atoms with Gasteiger partial charge in [-0.2, -0.15) is 0 Å². The minimum absolute atomic E-state index is 0. The zero-order valence-electron chi connectivity index (χ0n) is 6.70. The molecule has 12 heavy (non-hydrogen) atoms. The number of halogens is 1. The second-order valence-corrected chi connectivity index (χ2v) is 1.95. The molecule has 4 heteroatoms. The molecule has 3 nitrogen and oxygen atoms in total. The van der Waals surface area contributed by atoms with Gasteiger partial charge in [-0.3, -0.25) is 4.79 Å². The minimum atomic E-state index is -0.0411. The lowest BCUT2D eigenvalue weighted by Gasteiger charge is -1.96. The van der Waals surface area contributed by atoms with Gasteiger partial charge >= 0.3 is 0 Å². The summed E-state index contributed by atoms with van der Waals surface area (Å²) in [5.41, 5.74) is 0.699. The molecule has 0 radical (unpaired) electrons. The van der Waals surface area contributed by atoms with Crippen molar-refractivity contribution in [1.29, 1.82) is 0 Å². The van der Waals surface area contributed by atoms with Crippen LogP contribution >= 0.6 is 12.4 Å². The van der Waals surface area contributed by atoms with Gasteiger partial charge in [0, 0.05) is 12.6 Å². The molecular formula is C8H12ClNO2. The van der Waals surface area contributed by atoms with E-state index in [2.05, 4.69) is 5.32 Å². The van der Waals surface area contributed by atoms with Crippen LogP contribution in [-0.2, 0) is 0 Å². The Morgan fingerprint density at radius 3 is 2.17 bits per heavy atom. The molecule has 0 aliphatic rings. The lowest BCUT2D eigenvalue weighted by Crippen LogP contribution is -2.17. The van der Waals surface area contributed by atoms with Crippen molar-refractivity contribution in [3.8, 4) is 0 Å². The van der Waals surface area contributed by atoms with E-state index < -0.39 is 0 Å². The first-order chi connectivity index (χ1) is 4.84. The summed E-state index contributed by atoms with van der Waals surface area (Å²) < 4.78 is 0. The monoisotopic (exact) mass is 189 g/mol. The van der Waals surface area contributed by atoms with Crippen molar-refractivity contribution in [3.63, 3.8) is 0 Å². The van der Waals surface area contributed by atoms with Gasteiger partial charge < -0.3 is 10.8 Å². The van der Waals surface area contributed by atoms with Gasteiger partial charge in [-0.25, -0.2) is 0 Å². The van der Waals surface area contributed by atoms with E-state index in [1.165, 1.54) is 0 Å². The highest BCUT2D eigenvalue weighted by Gasteiger charge is 1.97. The van der Waals surface area contributed by atoms with Crippen LogP contribution < -0.4 is 5.32 Å². The number of amides is 1. The first-order valence-electron chi connectivity index (χ1n) is 3.11. The van der Waals surface area contributed by atoms with Gasteiger partial charge in [-0.1, -0.05) is 18.2 Å². The SMILES string of the molecule is CNC(=O)c1ccccc1.Cl.O. The molecule has 0 aromatic heterocycles. The standard InChI is InChI=1S/C8H9NO.ClH.H2O/c1-9-8(10)7-5-3-2-4-6-7;;/h2-6H,1H3,(H,9,10);1H;1H2. The van der Waals surface area contributed by atoms with E-state index in [9.17, 15) is 4.79 Å². The van der Waals surface area contributed by atoms with E-state index in [1.807, 2.05) is 18.2 Å². The number of carbonyl (C=O) groups excluding carboxylic acids is 1. The lowest BCUT2D eigenvalue weighted by molar-refractivity contribution is 0.0963. The zero-order chi connectivity index (χ0) is 7.40. The van der Waals surface area contributed by atoms with Gasteiger partial charge in [0.15, 0.2) is 0 Å². The van der Waals surface area contributed by atoms with Crippen molar-refractivity contribution in [2.24, 2.45) is 0 Å². The predicted octanol–water partition coefficient (Wildman–Crippen LogP) is 0.643. The molecule has 0 heterocycles. The number of rotatable bonds is 1. The van der Waals surface area contributed by atoms with Crippen molar-refractivity contribution in [2.45, 2.75) is 0 Å². The van der Waals surface area contributed by atoms with E-state index in [4.69, 9.17) is 0 Å². The van der Waals surface area contributed by atoms with Crippen LogP contribution in [0.25, 0.3) is 0 Å². The Morgan fingerprint density at radius 2 is 1.75 bits per heavy atom. The van der Waals surface area contributed by atoms with Crippen molar-refractivity contribution in [3.05, 3.63) is 35.9 Å². The summed E-state index contributed by atoms with van der Waals surface area (Å²) in [5.74, 6) is -0.0411. The van der Waals surface area contributed by atoms with Gasteiger partial charge in [-0.05, 0) is 12.1 Å². The number of carbonyl (C=O) groups is 1. The summed E-state index contributed by atoms with van der Waals surface area (Å²) in [6.45, 7) is 0. The maximum absolute atomic E-state index is 10.9. The minimum Gasteiger partial charge on any atom is -0.412 e. The molecule has 0 aliphatic carbocycles. The zero-order valence-corrected chi connectivity index (χ0v) is 7.52. The third kappa shape index (κ3) is 3.37. The van der Waals surface area contributed by atoms with Crippen LogP contribution in [0.3, 0.4) is 0 Å². The Bertz CT molecular complexity index is 226. The summed E-state index contributed by atoms with van der Waals surface area (Å²) in [7, 11) is 1.62. The second kappa shape index (κ2) is 6.64. The Labute approximate surface area is 77.5 Å². The maximum atomic E-state index is 10.9. The van der Waals surface area contributed by atoms with E-state index >= 15 is 0 Å². The van der Waals surface area contributed by atoms with Crippen molar-refractivity contribution < 1.29 is 10.3 Å². The van der Waals surface area contributed by atoms with Gasteiger partial charge in [0.25, 0.3) is 5.91 Å². The van der Waals surface area contributed by atoms with Crippen molar-refractivity contribution in [2.75, 3.05) is 7.05 Å².